The molecule has 8 nitrogen and oxygen atoms in total. The Morgan fingerprint density at radius 2 is 1.72 bits per heavy atom. The van der Waals surface area contributed by atoms with E-state index in [1.54, 1.807) is 30.9 Å². The number of alkyl halides is 3. The Balaban J connectivity index is 1.61. The summed E-state index contributed by atoms with van der Waals surface area (Å²) in [4.78, 5) is 38.7. The van der Waals surface area contributed by atoms with Gasteiger partial charge in [-0.2, -0.15) is 13.2 Å². The SMILES string of the molecule is CNC(=O)C1CCN(c2cc(C(F)(F)F)c(NC(=O)c3c(C)cc(OCCc4ccccc4)cc3C)cc2CC(=O)O)C1. The van der Waals surface area contributed by atoms with Crippen LogP contribution in [0.2, 0.25) is 0 Å². The number of carboxylic acid groups (broad SMARTS) is 1. The summed E-state index contributed by atoms with van der Waals surface area (Å²) in [6.07, 6.45) is -4.32. The van der Waals surface area contributed by atoms with Crippen molar-refractivity contribution in [3.8, 4) is 5.75 Å². The number of nitrogens with one attached hydrogen (secondary N) is 2. The number of nitrogens with zero attached hydrogens (tertiary/aromatic N) is 1. The number of amides is 2. The highest BCUT2D eigenvalue weighted by Gasteiger charge is 2.37. The second kappa shape index (κ2) is 13.2. The first kappa shape index (κ1) is 31.4. The summed E-state index contributed by atoms with van der Waals surface area (Å²) in [6.45, 7) is 4.18. The van der Waals surface area contributed by atoms with Gasteiger partial charge in [-0.15, -0.1) is 0 Å². The minimum absolute atomic E-state index is 0.0727. The number of carbonyl (C=O) groups excluding carboxylic acids is 2. The quantitative estimate of drug-likeness (QED) is 0.289. The van der Waals surface area contributed by atoms with E-state index in [1.807, 2.05) is 30.3 Å². The zero-order chi connectivity index (χ0) is 31.3. The van der Waals surface area contributed by atoms with Crippen molar-refractivity contribution < 1.29 is 37.4 Å². The lowest BCUT2D eigenvalue weighted by Crippen LogP contribution is -2.30. The zero-order valence-electron chi connectivity index (χ0n) is 24.2. The Kier molecular flexibility index (Phi) is 9.63. The number of aryl methyl sites for hydroxylation is 2. The summed E-state index contributed by atoms with van der Waals surface area (Å²) >= 11 is 0. The first-order valence-corrected chi connectivity index (χ1v) is 13.9. The smallest absolute Gasteiger partial charge is 0.418 e. The lowest BCUT2D eigenvalue weighted by atomic mass is 9.99. The van der Waals surface area contributed by atoms with Gasteiger partial charge in [0.05, 0.1) is 30.2 Å². The summed E-state index contributed by atoms with van der Waals surface area (Å²) in [6, 6.07) is 15.0. The highest BCUT2D eigenvalue weighted by Crippen LogP contribution is 2.41. The summed E-state index contributed by atoms with van der Waals surface area (Å²) in [5, 5.41) is 14.4. The largest absolute Gasteiger partial charge is 0.493 e. The minimum atomic E-state index is -4.85. The van der Waals surface area contributed by atoms with E-state index in [0.29, 0.717) is 36.3 Å². The Morgan fingerprint density at radius 1 is 1.05 bits per heavy atom. The predicted octanol–water partition coefficient (Wildman–Crippen LogP) is 5.40. The van der Waals surface area contributed by atoms with Gasteiger partial charge >= 0.3 is 12.1 Å². The third kappa shape index (κ3) is 7.65. The molecule has 3 aromatic carbocycles. The molecule has 0 aromatic heterocycles. The molecule has 1 aliphatic heterocycles. The van der Waals surface area contributed by atoms with E-state index in [4.69, 9.17) is 4.74 Å². The maximum atomic E-state index is 14.3. The number of carboxylic acids is 1. The van der Waals surface area contributed by atoms with E-state index in [0.717, 1.165) is 17.7 Å². The van der Waals surface area contributed by atoms with Crippen molar-refractivity contribution in [2.45, 2.75) is 39.3 Å². The van der Waals surface area contributed by atoms with Crippen molar-refractivity contribution in [1.82, 2.24) is 5.32 Å². The van der Waals surface area contributed by atoms with Crippen LogP contribution in [-0.4, -0.2) is 49.6 Å². The van der Waals surface area contributed by atoms with E-state index in [9.17, 15) is 32.7 Å². The van der Waals surface area contributed by atoms with Gasteiger partial charge < -0.3 is 25.4 Å². The molecule has 1 unspecified atom stereocenters. The summed E-state index contributed by atoms with van der Waals surface area (Å²) in [7, 11) is 1.48. The van der Waals surface area contributed by atoms with Crippen LogP contribution in [0.3, 0.4) is 0 Å². The maximum Gasteiger partial charge on any atom is 0.418 e. The van der Waals surface area contributed by atoms with E-state index >= 15 is 0 Å². The molecular formula is C32H34F3N3O5. The zero-order valence-corrected chi connectivity index (χ0v) is 24.2. The highest BCUT2D eigenvalue weighted by atomic mass is 19.4. The predicted molar refractivity (Wildman–Crippen MR) is 157 cm³/mol. The van der Waals surface area contributed by atoms with Crippen LogP contribution in [0.25, 0.3) is 0 Å². The van der Waals surface area contributed by atoms with Gasteiger partial charge in [0.1, 0.15) is 5.75 Å². The van der Waals surface area contributed by atoms with Crippen LogP contribution in [-0.2, 0) is 28.6 Å². The van der Waals surface area contributed by atoms with Gasteiger partial charge in [-0.1, -0.05) is 30.3 Å². The number of ether oxygens (including phenoxy) is 1. The number of benzene rings is 3. The van der Waals surface area contributed by atoms with Crippen LogP contribution in [0.1, 0.15) is 44.6 Å². The van der Waals surface area contributed by atoms with Crippen LogP contribution in [0.5, 0.6) is 5.75 Å². The van der Waals surface area contributed by atoms with Crippen LogP contribution in [0.4, 0.5) is 24.5 Å². The van der Waals surface area contributed by atoms with Crippen molar-refractivity contribution in [1.29, 1.82) is 0 Å². The van der Waals surface area contributed by atoms with Gasteiger partial charge in [-0.25, -0.2) is 0 Å². The van der Waals surface area contributed by atoms with Crippen LogP contribution >= 0.6 is 0 Å². The van der Waals surface area contributed by atoms with E-state index in [-0.39, 0.29) is 35.8 Å². The van der Waals surface area contributed by atoms with Gasteiger partial charge in [0.25, 0.3) is 5.91 Å². The number of carbonyl (C=O) groups is 3. The molecule has 4 rings (SSSR count). The average Bonchev–Trinajstić information content (AvgIpc) is 3.42. The van der Waals surface area contributed by atoms with E-state index in [1.165, 1.54) is 7.05 Å². The molecule has 43 heavy (non-hydrogen) atoms. The summed E-state index contributed by atoms with van der Waals surface area (Å²) in [5.41, 5.74) is 0.858. The normalized spacial score (nSPS) is 14.8. The van der Waals surface area contributed by atoms with Gasteiger partial charge in [0.15, 0.2) is 0 Å². The second-order valence-corrected chi connectivity index (χ2v) is 10.6. The molecule has 0 spiro atoms. The van der Waals surface area contributed by atoms with E-state index < -0.39 is 41.6 Å². The molecule has 0 saturated carbocycles. The van der Waals surface area contributed by atoms with Crippen LogP contribution in [0.15, 0.2) is 54.6 Å². The van der Waals surface area contributed by atoms with Crippen molar-refractivity contribution in [2.75, 3.05) is 37.0 Å². The monoisotopic (exact) mass is 597 g/mol. The molecule has 228 valence electrons. The summed E-state index contributed by atoms with van der Waals surface area (Å²) in [5.74, 6) is -2.14. The fourth-order valence-electron chi connectivity index (χ4n) is 5.45. The lowest BCUT2D eigenvalue weighted by Gasteiger charge is -2.25. The number of halogens is 3. The van der Waals surface area contributed by atoms with Crippen molar-refractivity contribution in [3.63, 3.8) is 0 Å². The summed E-state index contributed by atoms with van der Waals surface area (Å²) < 4.78 is 48.8. The Morgan fingerprint density at radius 3 is 2.33 bits per heavy atom. The molecule has 1 fully saturated rings. The molecule has 0 radical (unpaired) electrons. The molecule has 3 aromatic rings. The number of anilines is 2. The molecule has 11 heteroatoms. The molecule has 1 aliphatic rings. The number of aliphatic carboxylic acids is 1. The topological polar surface area (TPSA) is 108 Å². The minimum Gasteiger partial charge on any atom is -0.493 e. The fraction of sp³-hybridized carbons (Fsp3) is 0.344. The van der Waals surface area contributed by atoms with Crippen LogP contribution in [0, 0.1) is 19.8 Å². The third-order valence-electron chi connectivity index (χ3n) is 7.50. The number of hydrogen-bond acceptors (Lipinski definition) is 5. The lowest BCUT2D eigenvalue weighted by molar-refractivity contribution is -0.137. The molecule has 3 N–H and O–H groups in total. The molecule has 1 atom stereocenters. The Labute approximate surface area is 247 Å². The molecule has 1 saturated heterocycles. The molecular weight excluding hydrogens is 563 g/mol. The molecule has 1 heterocycles. The standard InChI is InChI=1S/C32H34F3N3O5/c1-19-13-24(43-12-10-21-7-5-4-6-8-21)14-20(2)29(19)31(42)37-26-15-23(16-28(39)40)27(17-25(26)32(33,34)35)38-11-9-22(18-38)30(41)36-3/h4-8,13-15,17,22H,9-12,16,18H2,1-3H3,(H,36,41)(H,37,42)(H,39,40). The van der Waals surface area contributed by atoms with Crippen molar-refractivity contribution in [2.24, 2.45) is 5.92 Å². The van der Waals surface area contributed by atoms with Crippen molar-refractivity contribution in [3.05, 3.63) is 88.0 Å². The molecule has 0 bridgehead atoms. The maximum absolute atomic E-state index is 14.3. The highest BCUT2D eigenvalue weighted by molar-refractivity contribution is 6.07. The Hall–Kier alpha value is -4.54. The molecule has 2 amide bonds. The van der Waals surface area contributed by atoms with Gasteiger partial charge in [-0.3, -0.25) is 14.4 Å². The average molecular weight is 598 g/mol. The van der Waals surface area contributed by atoms with Gasteiger partial charge in [0.2, 0.25) is 5.91 Å². The second-order valence-electron chi connectivity index (χ2n) is 10.6. The Bertz CT molecular complexity index is 1490. The first-order chi connectivity index (χ1) is 20.4. The van der Waals surface area contributed by atoms with Crippen molar-refractivity contribution >= 4 is 29.2 Å². The molecule has 0 aliphatic carbocycles. The number of hydrogen-bond donors (Lipinski definition) is 3. The third-order valence-corrected chi connectivity index (χ3v) is 7.50. The first-order valence-electron chi connectivity index (χ1n) is 13.9. The van der Waals surface area contributed by atoms with Gasteiger partial charge in [0, 0.05) is 37.8 Å². The number of rotatable bonds is 10. The van der Waals surface area contributed by atoms with Gasteiger partial charge in [-0.05, 0) is 66.8 Å². The van der Waals surface area contributed by atoms with Crippen LogP contribution < -0.4 is 20.3 Å². The fourth-order valence-corrected chi connectivity index (χ4v) is 5.45. The van der Waals surface area contributed by atoms with E-state index in [2.05, 4.69) is 10.6 Å².